The average Bonchev–Trinajstić information content (AvgIpc) is 2.72. The SMILES string of the molecule is C=c1nc2c(c(=O)[nH]1)=Nc1cc(C)c(C)cc1N2CCNCc1ccccc1C(=O)O. The minimum atomic E-state index is -0.949. The highest BCUT2D eigenvalue weighted by molar-refractivity contribution is 5.89. The number of carbonyl (C=O) groups is 1. The van der Waals surface area contributed by atoms with Gasteiger partial charge in [-0.15, -0.1) is 0 Å². The van der Waals surface area contributed by atoms with Crippen LogP contribution in [0.15, 0.2) is 46.2 Å². The van der Waals surface area contributed by atoms with Crippen molar-refractivity contribution in [2.45, 2.75) is 20.4 Å². The van der Waals surface area contributed by atoms with Crippen LogP contribution in [-0.2, 0) is 6.54 Å². The molecule has 31 heavy (non-hydrogen) atoms. The number of aromatic carboxylic acids is 1. The van der Waals surface area contributed by atoms with Crippen molar-refractivity contribution in [3.05, 3.63) is 79.8 Å². The summed E-state index contributed by atoms with van der Waals surface area (Å²) in [6.07, 6.45) is 0. The van der Waals surface area contributed by atoms with Crippen molar-refractivity contribution in [1.29, 1.82) is 0 Å². The zero-order valence-corrected chi connectivity index (χ0v) is 17.4. The fourth-order valence-corrected chi connectivity index (χ4v) is 3.64. The zero-order valence-electron chi connectivity index (χ0n) is 17.4. The molecule has 8 nitrogen and oxygen atoms in total. The van der Waals surface area contributed by atoms with Crippen LogP contribution in [0.3, 0.4) is 0 Å². The molecule has 1 aromatic heterocycles. The molecule has 4 rings (SSSR count). The minimum Gasteiger partial charge on any atom is -0.478 e. The Hall–Kier alpha value is -3.78. The summed E-state index contributed by atoms with van der Waals surface area (Å²) in [5.41, 5.74) is 4.75. The number of aromatic nitrogens is 2. The monoisotopic (exact) mass is 417 g/mol. The van der Waals surface area contributed by atoms with Gasteiger partial charge in [0.25, 0.3) is 5.56 Å². The topological polar surface area (TPSA) is 111 Å². The van der Waals surface area contributed by atoms with E-state index in [0.29, 0.717) is 31.0 Å². The highest BCUT2D eigenvalue weighted by Crippen LogP contribution is 2.36. The molecule has 1 aliphatic rings. The molecule has 0 radical (unpaired) electrons. The second kappa shape index (κ2) is 8.16. The van der Waals surface area contributed by atoms with E-state index in [1.165, 1.54) is 0 Å². The number of hydrogen-bond acceptors (Lipinski definition) is 6. The zero-order chi connectivity index (χ0) is 22.1. The summed E-state index contributed by atoms with van der Waals surface area (Å²) in [5, 5.41) is 12.9. The van der Waals surface area contributed by atoms with E-state index in [1.807, 2.05) is 36.9 Å². The van der Waals surface area contributed by atoms with E-state index < -0.39 is 5.97 Å². The summed E-state index contributed by atoms with van der Waals surface area (Å²) >= 11 is 0. The summed E-state index contributed by atoms with van der Waals surface area (Å²) in [4.78, 5) is 37.5. The van der Waals surface area contributed by atoms with E-state index >= 15 is 0 Å². The molecule has 3 aromatic rings. The molecule has 0 atom stereocenters. The number of H-pyrrole nitrogens is 1. The van der Waals surface area contributed by atoms with Gasteiger partial charge in [0, 0.05) is 19.6 Å². The molecule has 8 heteroatoms. The van der Waals surface area contributed by atoms with E-state index in [0.717, 1.165) is 22.5 Å². The number of rotatable bonds is 6. The number of anilines is 2. The summed E-state index contributed by atoms with van der Waals surface area (Å²) in [7, 11) is 0. The second-order valence-electron chi connectivity index (χ2n) is 7.51. The number of fused-ring (bicyclic) bond motifs is 2. The third kappa shape index (κ3) is 3.97. The molecule has 0 bridgehead atoms. The van der Waals surface area contributed by atoms with Crippen LogP contribution < -0.4 is 26.6 Å². The Balaban J connectivity index is 1.62. The average molecular weight is 417 g/mol. The van der Waals surface area contributed by atoms with Crippen LogP contribution in [0.4, 0.5) is 17.2 Å². The molecular weight excluding hydrogens is 394 g/mol. The van der Waals surface area contributed by atoms with Crippen LogP contribution in [0.5, 0.6) is 0 Å². The molecule has 2 aromatic carbocycles. The van der Waals surface area contributed by atoms with E-state index in [9.17, 15) is 14.7 Å². The number of carboxylic acids is 1. The second-order valence-corrected chi connectivity index (χ2v) is 7.51. The lowest BCUT2D eigenvalue weighted by molar-refractivity contribution is 0.0695. The number of nitrogens with one attached hydrogen (secondary N) is 2. The molecule has 0 fully saturated rings. The van der Waals surface area contributed by atoms with Crippen LogP contribution in [0.25, 0.3) is 6.58 Å². The van der Waals surface area contributed by atoms with Gasteiger partial charge < -0.3 is 20.3 Å². The van der Waals surface area contributed by atoms with E-state index in [2.05, 4.69) is 26.9 Å². The molecule has 0 unspecified atom stereocenters. The van der Waals surface area contributed by atoms with Gasteiger partial charge in [-0.3, -0.25) is 4.79 Å². The molecule has 2 heterocycles. The highest BCUT2D eigenvalue weighted by Gasteiger charge is 2.23. The van der Waals surface area contributed by atoms with Gasteiger partial charge in [0.2, 0.25) is 0 Å². The maximum Gasteiger partial charge on any atom is 0.336 e. The Bertz CT molecular complexity index is 1350. The molecule has 0 spiro atoms. The summed E-state index contributed by atoms with van der Waals surface area (Å²) < 4.78 is 0. The quantitative estimate of drug-likeness (QED) is 0.527. The molecular formula is C23H23N5O3. The summed E-state index contributed by atoms with van der Waals surface area (Å²) in [6.45, 7) is 9.28. The van der Waals surface area contributed by atoms with Crippen molar-refractivity contribution in [3.8, 4) is 0 Å². The number of aryl methyl sites for hydroxylation is 2. The van der Waals surface area contributed by atoms with E-state index in [4.69, 9.17) is 0 Å². The van der Waals surface area contributed by atoms with Gasteiger partial charge in [-0.1, -0.05) is 24.8 Å². The normalized spacial score (nSPS) is 12.1. The first-order valence-electron chi connectivity index (χ1n) is 9.94. The lowest BCUT2D eigenvalue weighted by atomic mass is 10.1. The van der Waals surface area contributed by atoms with Crippen LogP contribution in [0.1, 0.15) is 27.0 Å². The number of nitrogens with zero attached hydrogens (tertiary/aromatic N) is 3. The van der Waals surface area contributed by atoms with Gasteiger partial charge >= 0.3 is 5.97 Å². The predicted octanol–water partition coefficient (Wildman–Crippen LogP) is 1.69. The first-order chi connectivity index (χ1) is 14.8. The number of aromatic amines is 1. The fraction of sp³-hybridized carbons (Fsp3) is 0.217. The Morgan fingerprint density at radius 3 is 2.74 bits per heavy atom. The van der Waals surface area contributed by atoms with Crippen LogP contribution in [0.2, 0.25) is 0 Å². The molecule has 0 amide bonds. The molecule has 158 valence electrons. The first kappa shape index (κ1) is 20.5. The van der Waals surface area contributed by atoms with Crippen molar-refractivity contribution in [2.24, 2.45) is 4.99 Å². The smallest absolute Gasteiger partial charge is 0.336 e. The summed E-state index contributed by atoms with van der Waals surface area (Å²) in [6, 6.07) is 10.9. The summed E-state index contributed by atoms with van der Waals surface area (Å²) in [5.74, 6) is -0.479. The first-order valence-corrected chi connectivity index (χ1v) is 9.94. The molecule has 0 saturated carbocycles. The molecule has 0 aliphatic carbocycles. The van der Waals surface area contributed by atoms with Crippen molar-refractivity contribution in [1.82, 2.24) is 15.3 Å². The van der Waals surface area contributed by atoms with Gasteiger partial charge in [0.05, 0.1) is 16.9 Å². The van der Waals surface area contributed by atoms with Crippen LogP contribution in [0, 0.1) is 13.8 Å². The van der Waals surface area contributed by atoms with Crippen molar-refractivity contribution in [3.63, 3.8) is 0 Å². The Labute approximate surface area is 178 Å². The third-order valence-electron chi connectivity index (χ3n) is 5.37. The van der Waals surface area contributed by atoms with Crippen molar-refractivity contribution >= 4 is 29.7 Å². The van der Waals surface area contributed by atoms with Crippen LogP contribution >= 0.6 is 0 Å². The van der Waals surface area contributed by atoms with Gasteiger partial charge in [-0.25, -0.2) is 14.8 Å². The van der Waals surface area contributed by atoms with Crippen molar-refractivity contribution < 1.29 is 9.90 Å². The maximum atomic E-state index is 12.5. The molecule has 0 saturated heterocycles. The van der Waals surface area contributed by atoms with Gasteiger partial charge in [-0.2, -0.15) is 0 Å². The van der Waals surface area contributed by atoms with Gasteiger partial charge in [0.1, 0.15) is 5.48 Å². The minimum absolute atomic E-state index is 0.263. The predicted molar refractivity (Wildman–Crippen MR) is 119 cm³/mol. The fourth-order valence-electron chi connectivity index (χ4n) is 3.64. The van der Waals surface area contributed by atoms with Crippen molar-refractivity contribution in [2.75, 3.05) is 18.0 Å². The van der Waals surface area contributed by atoms with E-state index in [1.54, 1.807) is 18.2 Å². The Morgan fingerprint density at radius 2 is 1.97 bits per heavy atom. The standard InChI is InChI=1S/C23H23N5O3/c1-13-10-18-19(11-14(13)2)28(21-20(27-18)22(29)26-15(3)25-21)9-8-24-12-16-6-4-5-7-17(16)23(30)31/h4-7,10-11,24H,3,8-9,12H2,1-2H3,(H,26,29)(H,30,31). The van der Waals surface area contributed by atoms with Crippen LogP contribution in [-0.4, -0.2) is 34.1 Å². The third-order valence-corrected chi connectivity index (χ3v) is 5.37. The number of hydrogen-bond donors (Lipinski definition) is 3. The van der Waals surface area contributed by atoms with Gasteiger partial charge in [-0.05, 0) is 48.7 Å². The van der Waals surface area contributed by atoms with Gasteiger partial charge in [0.15, 0.2) is 11.2 Å². The lowest BCUT2D eigenvalue weighted by Gasteiger charge is -2.28. The Morgan fingerprint density at radius 1 is 1.23 bits per heavy atom. The lowest BCUT2D eigenvalue weighted by Crippen LogP contribution is -2.43. The number of benzene rings is 2. The maximum absolute atomic E-state index is 12.5. The number of carboxylic acid groups (broad SMARTS) is 1. The molecule has 3 N–H and O–H groups in total. The highest BCUT2D eigenvalue weighted by atomic mass is 16.4. The molecule has 1 aliphatic heterocycles. The largest absolute Gasteiger partial charge is 0.478 e. The Kier molecular flexibility index (Phi) is 5.39. The van der Waals surface area contributed by atoms with E-state index in [-0.39, 0.29) is 22.0 Å².